The van der Waals surface area contributed by atoms with Crippen LogP contribution in [0.4, 0.5) is 10.1 Å². The summed E-state index contributed by atoms with van der Waals surface area (Å²) in [5.74, 6) is -0.593. The fraction of sp³-hybridized carbons (Fsp3) is 0.158. The van der Waals surface area contributed by atoms with E-state index in [0.29, 0.717) is 17.1 Å². The summed E-state index contributed by atoms with van der Waals surface area (Å²) in [7, 11) is -1.13. The van der Waals surface area contributed by atoms with Gasteiger partial charge >= 0.3 is 0 Å². The third kappa shape index (κ3) is 4.92. The minimum absolute atomic E-state index is 0.0600. The summed E-state index contributed by atoms with van der Waals surface area (Å²) in [5, 5.41) is 13.5. The van der Waals surface area contributed by atoms with E-state index in [-0.39, 0.29) is 16.3 Å². The van der Waals surface area contributed by atoms with Crippen molar-refractivity contribution in [2.45, 2.75) is 11.8 Å². The van der Waals surface area contributed by atoms with E-state index in [1.165, 1.54) is 55.2 Å². The van der Waals surface area contributed by atoms with Gasteiger partial charge in [-0.2, -0.15) is 4.68 Å². The summed E-state index contributed by atoms with van der Waals surface area (Å²) in [6, 6.07) is 8.48. The zero-order chi connectivity index (χ0) is 22.6. The van der Waals surface area contributed by atoms with Crippen LogP contribution in [0.2, 0.25) is 0 Å². The van der Waals surface area contributed by atoms with Crippen molar-refractivity contribution in [3.05, 3.63) is 59.7 Å². The van der Waals surface area contributed by atoms with Crippen LogP contribution in [0.15, 0.2) is 47.4 Å². The number of amides is 1. The molecule has 31 heavy (non-hydrogen) atoms. The van der Waals surface area contributed by atoms with Crippen molar-refractivity contribution in [3.63, 3.8) is 0 Å². The van der Waals surface area contributed by atoms with Crippen LogP contribution < -0.4 is 14.8 Å². The first-order valence-corrected chi connectivity index (χ1v) is 10.4. The Morgan fingerprint density at radius 1 is 1.23 bits per heavy atom. The molecule has 0 bridgehead atoms. The molecule has 0 aliphatic carbocycles. The lowest BCUT2D eigenvalue weighted by Gasteiger charge is -2.09. The molecule has 0 unspecified atom stereocenters. The second-order valence-corrected chi connectivity index (χ2v) is 8.10. The summed E-state index contributed by atoms with van der Waals surface area (Å²) in [5.41, 5.74) is 0.846. The number of hydrogen-bond donors (Lipinski definition) is 2. The maximum absolute atomic E-state index is 14.2. The van der Waals surface area contributed by atoms with Crippen molar-refractivity contribution in [3.8, 4) is 11.4 Å². The summed E-state index contributed by atoms with van der Waals surface area (Å²) in [6.07, 6.45) is 2.56. The van der Waals surface area contributed by atoms with E-state index in [0.717, 1.165) is 6.08 Å². The molecule has 0 saturated carbocycles. The van der Waals surface area contributed by atoms with Crippen molar-refractivity contribution in [1.29, 1.82) is 0 Å². The third-order valence-electron chi connectivity index (χ3n) is 4.25. The number of anilines is 1. The van der Waals surface area contributed by atoms with Crippen LogP contribution >= 0.6 is 0 Å². The zero-order valence-electron chi connectivity index (χ0n) is 16.8. The smallest absolute Gasteiger partial charge is 0.248 e. The van der Waals surface area contributed by atoms with E-state index in [4.69, 9.17) is 4.74 Å². The Morgan fingerprint density at radius 3 is 2.65 bits per heavy atom. The van der Waals surface area contributed by atoms with Gasteiger partial charge in [-0.25, -0.2) is 17.5 Å². The predicted octanol–water partition coefficient (Wildman–Crippen LogP) is 1.68. The van der Waals surface area contributed by atoms with E-state index in [2.05, 4.69) is 25.6 Å². The van der Waals surface area contributed by atoms with Crippen LogP contribution in [0.25, 0.3) is 11.8 Å². The van der Waals surface area contributed by atoms with Gasteiger partial charge in [0.05, 0.1) is 18.5 Å². The first-order chi connectivity index (χ1) is 14.7. The Bertz CT molecular complexity index is 1260. The Labute approximate surface area is 177 Å². The summed E-state index contributed by atoms with van der Waals surface area (Å²) < 4.78 is 47.1. The van der Waals surface area contributed by atoms with Crippen molar-refractivity contribution in [2.24, 2.45) is 0 Å². The second kappa shape index (κ2) is 9.02. The number of halogens is 1. The van der Waals surface area contributed by atoms with Crippen molar-refractivity contribution in [1.82, 2.24) is 24.9 Å². The number of ether oxygens (including phenoxy) is 1. The van der Waals surface area contributed by atoms with Gasteiger partial charge in [-0.05, 0) is 66.4 Å². The number of rotatable bonds is 7. The fourth-order valence-corrected chi connectivity index (χ4v) is 3.60. The molecule has 2 aromatic carbocycles. The SMILES string of the molecule is CNS(=O)(=O)c1cc(/C=C/C(=O)Nc2cc(-n3nnnc3C)ccc2F)ccc1OC. The van der Waals surface area contributed by atoms with Gasteiger partial charge in [0.2, 0.25) is 15.9 Å². The molecule has 162 valence electrons. The molecule has 12 heteroatoms. The summed E-state index contributed by atoms with van der Waals surface area (Å²) in [6.45, 7) is 1.68. The quantitative estimate of drug-likeness (QED) is 0.529. The van der Waals surface area contributed by atoms with Gasteiger partial charge in [-0.15, -0.1) is 5.10 Å². The van der Waals surface area contributed by atoms with Gasteiger partial charge in [-0.3, -0.25) is 4.79 Å². The molecule has 0 saturated heterocycles. The van der Waals surface area contributed by atoms with E-state index in [1.54, 1.807) is 13.0 Å². The van der Waals surface area contributed by atoms with Crippen molar-refractivity contribution in [2.75, 3.05) is 19.5 Å². The fourth-order valence-electron chi connectivity index (χ4n) is 2.67. The first kappa shape index (κ1) is 22.1. The van der Waals surface area contributed by atoms with E-state index in [9.17, 15) is 17.6 Å². The molecule has 0 radical (unpaired) electrons. The molecule has 3 rings (SSSR count). The normalized spacial score (nSPS) is 11.6. The van der Waals surface area contributed by atoms with Crippen molar-refractivity contribution >= 4 is 27.7 Å². The number of nitrogens with one attached hydrogen (secondary N) is 2. The number of nitrogens with zero attached hydrogens (tertiary/aromatic N) is 4. The highest BCUT2D eigenvalue weighted by atomic mass is 32.2. The first-order valence-electron chi connectivity index (χ1n) is 8.90. The maximum Gasteiger partial charge on any atom is 0.248 e. The zero-order valence-corrected chi connectivity index (χ0v) is 17.6. The summed E-state index contributed by atoms with van der Waals surface area (Å²) >= 11 is 0. The standard InChI is InChI=1S/C19H19FN6O4S/c1-12-23-24-25-26(12)14-6-7-15(20)16(11-14)22-19(27)9-5-13-4-8-17(30-3)18(10-13)31(28,29)21-2/h4-11,21H,1-3H3,(H,22,27)/b9-5+. The van der Waals surface area contributed by atoms with Crippen LogP contribution in [0, 0.1) is 12.7 Å². The highest BCUT2D eigenvalue weighted by Gasteiger charge is 2.17. The van der Waals surface area contributed by atoms with Crippen LogP contribution in [-0.2, 0) is 14.8 Å². The van der Waals surface area contributed by atoms with Crippen LogP contribution in [-0.4, -0.2) is 48.7 Å². The third-order valence-corrected chi connectivity index (χ3v) is 5.69. The molecule has 0 spiro atoms. The number of benzene rings is 2. The minimum atomic E-state index is -3.76. The number of aromatic nitrogens is 4. The van der Waals surface area contributed by atoms with Crippen LogP contribution in [0.1, 0.15) is 11.4 Å². The Hall–Kier alpha value is -3.64. The molecule has 1 amide bonds. The minimum Gasteiger partial charge on any atom is -0.495 e. The highest BCUT2D eigenvalue weighted by molar-refractivity contribution is 7.89. The lowest BCUT2D eigenvalue weighted by atomic mass is 10.2. The van der Waals surface area contributed by atoms with Gasteiger partial charge in [0.15, 0.2) is 5.82 Å². The topological polar surface area (TPSA) is 128 Å². The molecule has 1 aromatic heterocycles. The molecule has 0 aliphatic heterocycles. The van der Waals surface area contributed by atoms with Crippen LogP contribution in [0.5, 0.6) is 5.75 Å². The molecule has 2 N–H and O–H groups in total. The molecule has 0 fully saturated rings. The number of sulfonamides is 1. The highest BCUT2D eigenvalue weighted by Crippen LogP contribution is 2.25. The number of aryl methyl sites for hydroxylation is 1. The Kier molecular flexibility index (Phi) is 6.42. The maximum atomic E-state index is 14.2. The number of carbonyl (C=O) groups is 1. The van der Waals surface area contributed by atoms with Gasteiger partial charge in [0.25, 0.3) is 0 Å². The average Bonchev–Trinajstić information content (AvgIpc) is 3.19. The van der Waals surface area contributed by atoms with Gasteiger partial charge < -0.3 is 10.1 Å². The van der Waals surface area contributed by atoms with Crippen LogP contribution in [0.3, 0.4) is 0 Å². The predicted molar refractivity (Wildman–Crippen MR) is 111 cm³/mol. The van der Waals surface area contributed by atoms with E-state index >= 15 is 0 Å². The Balaban J connectivity index is 1.82. The molecule has 1 heterocycles. The largest absolute Gasteiger partial charge is 0.495 e. The molecule has 10 nitrogen and oxygen atoms in total. The summed E-state index contributed by atoms with van der Waals surface area (Å²) in [4.78, 5) is 12.2. The van der Waals surface area contributed by atoms with Crippen molar-refractivity contribution < 1.29 is 22.3 Å². The molecule has 0 atom stereocenters. The average molecular weight is 446 g/mol. The van der Waals surface area contributed by atoms with E-state index < -0.39 is 21.7 Å². The number of methoxy groups -OCH3 is 1. The molecule has 3 aromatic rings. The number of hydrogen-bond acceptors (Lipinski definition) is 7. The Morgan fingerprint density at radius 2 is 2.00 bits per heavy atom. The number of carbonyl (C=O) groups excluding carboxylic acids is 1. The lowest BCUT2D eigenvalue weighted by molar-refractivity contribution is -0.111. The van der Waals surface area contributed by atoms with Gasteiger partial charge in [-0.1, -0.05) is 6.07 Å². The van der Waals surface area contributed by atoms with E-state index in [1.807, 2.05) is 0 Å². The molecular weight excluding hydrogens is 427 g/mol. The second-order valence-electron chi connectivity index (χ2n) is 6.24. The molecule has 0 aliphatic rings. The monoisotopic (exact) mass is 446 g/mol. The number of tetrazole rings is 1. The lowest BCUT2D eigenvalue weighted by Crippen LogP contribution is -2.19. The van der Waals surface area contributed by atoms with Gasteiger partial charge in [0, 0.05) is 6.08 Å². The molecular formula is C19H19FN6O4S. The van der Waals surface area contributed by atoms with Gasteiger partial charge in [0.1, 0.15) is 16.5 Å².